The van der Waals surface area contributed by atoms with Gasteiger partial charge in [0.2, 0.25) is 0 Å². The average Bonchev–Trinajstić information content (AvgIpc) is 0. The second-order valence-electron chi connectivity index (χ2n) is 0. The van der Waals surface area contributed by atoms with Crippen LogP contribution in [0.25, 0.3) is 0 Å². The van der Waals surface area contributed by atoms with Crippen molar-refractivity contribution in [1.29, 1.82) is 0 Å². The van der Waals surface area contributed by atoms with Gasteiger partial charge >= 0.3 is 0 Å². The molecule has 0 aliphatic heterocycles. The zero-order valence-electron chi connectivity index (χ0n) is 2.95. The SMILES string of the molecule is [CH3-].[CH3-].[U].[V]. The minimum atomic E-state index is 0. The molecule has 0 heterocycles. The van der Waals surface area contributed by atoms with Gasteiger partial charge in [-0.05, 0) is 0 Å². The molecule has 25 valence electrons. The predicted molar refractivity (Wildman–Crippen MR) is 12.8 cm³/mol. The first-order valence-corrected chi connectivity index (χ1v) is 0. The van der Waals surface area contributed by atoms with Crippen LogP contribution in [-0.2, 0) is 18.6 Å². The van der Waals surface area contributed by atoms with Crippen LogP contribution in [0.15, 0.2) is 0 Å². The molecule has 0 unspecified atom stereocenters. The maximum absolute atomic E-state index is 0. The number of hydrogen-bond donors (Lipinski definition) is 0. The van der Waals surface area contributed by atoms with E-state index in [4.69, 9.17) is 0 Å². The van der Waals surface area contributed by atoms with Crippen molar-refractivity contribution in [1.82, 2.24) is 0 Å². The van der Waals surface area contributed by atoms with Crippen LogP contribution in [0.5, 0.6) is 0 Å². The molecule has 4 heavy (non-hydrogen) atoms. The topological polar surface area (TPSA) is 0 Å². The van der Waals surface area contributed by atoms with Crippen LogP contribution in [0.2, 0.25) is 0 Å². The van der Waals surface area contributed by atoms with Gasteiger partial charge in [-0.15, -0.1) is 0 Å². The molecule has 0 N–H and O–H groups in total. The first-order valence-electron chi connectivity index (χ1n) is 0. The summed E-state index contributed by atoms with van der Waals surface area (Å²) in [5, 5.41) is 0. The normalized spacial score (nSPS) is 0. The van der Waals surface area contributed by atoms with Crippen LogP contribution >= 0.6 is 0 Å². The van der Waals surface area contributed by atoms with Gasteiger partial charge in [-0.1, -0.05) is 0 Å². The van der Waals surface area contributed by atoms with Crippen molar-refractivity contribution in [2.45, 2.75) is 0 Å². The molecule has 0 bridgehead atoms. The quantitative estimate of drug-likeness (QED) is 0.582. The summed E-state index contributed by atoms with van der Waals surface area (Å²) >= 11 is 0. The minimum Gasteiger partial charge on any atom is -0.358 e. The fourth-order valence-corrected chi connectivity index (χ4v) is 0. The molecular weight excluding hydrogens is 313 g/mol. The fraction of sp³-hybridized carbons (Fsp3) is 0. The Morgan fingerprint density at radius 2 is 0.750 bits per heavy atom. The van der Waals surface area contributed by atoms with E-state index in [2.05, 4.69) is 0 Å². The first-order chi connectivity index (χ1) is 0. The second kappa shape index (κ2) is 22.9. The summed E-state index contributed by atoms with van der Waals surface area (Å²) in [5.41, 5.74) is 0. The number of rotatable bonds is 0. The molecule has 2 heteroatoms. The Morgan fingerprint density at radius 1 is 0.750 bits per heavy atom. The van der Waals surface area contributed by atoms with Gasteiger partial charge in [-0.3, -0.25) is 0 Å². The standard InChI is InChI=1S/2CH3.U.V/h2*1H3;;/q2*-1;;. The van der Waals surface area contributed by atoms with E-state index in [0.717, 1.165) is 0 Å². The van der Waals surface area contributed by atoms with Crippen LogP contribution in [0.1, 0.15) is 0 Å². The molecule has 0 aliphatic rings. The molecule has 0 spiro atoms. The monoisotopic (exact) mass is 319 g/mol. The zero-order valence-corrected chi connectivity index (χ0v) is 8.51. The second-order valence-corrected chi connectivity index (χ2v) is 0. The predicted octanol–water partition coefficient (Wildman–Crippen LogP) is 0.898. The molecule has 0 aromatic heterocycles. The van der Waals surface area contributed by atoms with Crippen molar-refractivity contribution in [3.8, 4) is 0 Å². The van der Waals surface area contributed by atoms with Crippen LogP contribution in [-0.4, -0.2) is 0 Å². The van der Waals surface area contributed by atoms with Crippen LogP contribution in [0.4, 0.5) is 0 Å². The Hall–Kier alpha value is 1.64. The summed E-state index contributed by atoms with van der Waals surface area (Å²) in [6.07, 6.45) is 0. The summed E-state index contributed by atoms with van der Waals surface area (Å²) in [7, 11) is 0. The molecule has 0 nitrogen and oxygen atoms in total. The summed E-state index contributed by atoms with van der Waals surface area (Å²) in [5.74, 6) is 0. The Kier molecular flexibility index (Phi) is 259. The van der Waals surface area contributed by atoms with Crippen molar-refractivity contribution in [2.75, 3.05) is 0 Å². The van der Waals surface area contributed by atoms with Crippen LogP contribution in [0, 0.1) is 46.0 Å². The molecule has 0 fully saturated rings. The average molecular weight is 319 g/mol. The van der Waals surface area contributed by atoms with E-state index in [-0.39, 0.29) is 64.5 Å². The number of hydrogen-bond acceptors (Lipinski definition) is 0. The Balaban J connectivity index is 0. The Bertz CT molecular complexity index is 6.00. The zero-order chi connectivity index (χ0) is 0. The molecule has 1 radical (unpaired) electrons. The van der Waals surface area contributed by atoms with Crippen molar-refractivity contribution < 1.29 is 49.7 Å². The smallest absolute Gasteiger partial charge is 0 e. The molecule has 0 saturated carbocycles. The van der Waals surface area contributed by atoms with E-state index in [1.54, 1.807) is 0 Å². The summed E-state index contributed by atoms with van der Waals surface area (Å²) in [6, 6.07) is 0. The molecule has 0 saturated heterocycles. The summed E-state index contributed by atoms with van der Waals surface area (Å²) < 4.78 is 0. The maximum Gasteiger partial charge on any atom is 0 e. The van der Waals surface area contributed by atoms with Crippen LogP contribution < -0.4 is 0 Å². The van der Waals surface area contributed by atoms with Gasteiger partial charge in [0.25, 0.3) is 0 Å². The van der Waals surface area contributed by atoms with Gasteiger partial charge in [-0.25, -0.2) is 0 Å². The van der Waals surface area contributed by atoms with E-state index >= 15 is 0 Å². The summed E-state index contributed by atoms with van der Waals surface area (Å²) in [6.45, 7) is 0. The molecule has 0 rings (SSSR count). The van der Waals surface area contributed by atoms with E-state index in [1.807, 2.05) is 0 Å². The molecule has 0 aromatic rings. The van der Waals surface area contributed by atoms with Gasteiger partial charge in [0.15, 0.2) is 0 Å². The van der Waals surface area contributed by atoms with Gasteiger partial charge in [0.05, 0.1) is 0 Å². The van der Waals surface area contributed by atoms with E-state index < -0.39 is 0 Å². The molecule has 0 aliphatic carbocycles. The molecule has 0 amide bonds. The van der Waals surface area contributed by atoms with Crippen molar-refractivity contribution in [3.05, 3.63) is 14.9 Å². The third-order valence-corrected chi connectivity index (χ3v) is 0. The minimum absolute atomic E-state index is 0. The third-order valence-electron chi connectivity index (χ3n) is 0. The van der Waals surface area contributed by atoms with Gasteiger partial charge in [-0.2, -0.15) is 0 Å². The maximum atomic E-state index is 0. The van der Waals surface area contributed by atoms with E-state index in [0.29, 0.717) is 0 Å². The first kappa shape index (κ1) is 45.2. The van der Waals surface area contributed by atoms with E-state index in [1.165, 1.54) is 0 Å². The largest absolute Gasteiger partial charge is 0.358 e. The van der Waals surface area contributed by atoms with E-state index in [9.17, 15) is 0 Å². The fourth-order valence-electron chi connectivity index (χ4n) is 0. The molecule has 0 atom stereocenters. The summed E-state index contributed by atoms with van der Waals surface area (Å²) in [4.78, 5) is 0. The van der Waals surface area contributed by atoms with Gasteiger partial charge < -0.3 is 14.9 Å². The van der Waals surface area contributed by atoms with Crippen molar-refractivity contribution in [3.63, 3.8) is 0 Å². The third kappa shape index (κ3) is 9.44. The van der Waals surface area contributed by atoms with Gasteiger partial charge in [0, 0.05) is 49.7 Å². The Labute approximate surface area is 64.0 Å². The van der Waals surface area contributed by atoms with Crippen molar-refractivity contribution >= 4 is 0 Å². The molecule has 0 aromatic carbocycles. The van der Waals surface area contributed by atoms with Crippen LogP contribution in [0.3, 0.4) is 0 Å². The Morgan fingerprint density at radius 3 is 0.750 bits per heavy atom. The van der Waals surface area contributed by atoms with Gasteiger partial charge in [0.1, 0.15) is 0 Å². The molecular formula is C2H6UV-2. The van der Waals surface area contributed by atoms with Crippen molar-refractivity contribution in [2.24, 2.45) is 0 Å².